The Hall–Kier alpha value is -2.34. The number of anilines is 1. The van der Waals surface area contributed by atoms with Gasteiger partial charge in [0.05, 0.1) is 32.1 Å². The van der Waals surface area contributed by atoms with E-state index in [4.69, 9.17) is 14.2 Å². The predicted molar refractivity (Wildman–Crippen MR) is 147 cm³/mol. The second-order valence-corrected chi connectivity index (χ2v) is 8.64. The standard InChI is InChI=1S/C15H21NO7S.C6H12O2.4CH4.H2/c1-9(17)14(10(2)21-3)15(18)16-12-7-6-11(22-4)8-13(12)24(19,20)23-5;1-5(7)4-6(2)8-3;;;;;/h6-8,10,14H,1-5H3,(H,16,18);6H,4H2,1-3H3;4*1H4;1H. The van der Waals surface area contributed by atoms with E-state index < -0.39 is 33.8 Å². The minimum Gasteiger partial charge on any atom is -0.497 e. The van der Waals surface area contributed by atoms with E-state index in [0.29, 0.717) is 6.42 Å². The van der Waals surface area contributed by atoms with Crippen LogP contribution in [0.15, 0.2) is 23.1 Å². The fourth-order valence-corrected chi connectivity index (χ4v) is 3.42. The monoisotopic (exact) mass is 541 g/mol. The highest BCUT2D eigenvalue weighted by molar-refractivity contribution is 7.87. The molecule has 216 valence electrons. The molecule has 0 heterocycles. The van der Waals surface area contributed by atoms with Gasteiger partial charge in [-0.05, 0) is 39.8 Å². The van der Waals surface area contributed by atoms with Crippen molar-refractivity contribution in [2.75, 3.05) is 33.8 Å². The van der Waals surface area contributed by atoms with Gasteiger partial charge in [0.1, 0.15) is 28.1 Å². The molecule has 0 radical (unpaired) electrons. The quantitative estimate of drug-likeness (QED) is 0.303. The minimum absolute atomic E-state index is 0. The van der Waals surface area contributed by atoms with Crippen molar-refractivity contribution in [2.24, 2.45) is 5.92 Å². The Morgan fingerprint density at radius 3 is 1.81 bits per heavy atom. The highest BCUT2D eigenvalue weighted by Crippen LogP contribution is 2.28. The molecule has 3 unspecified atom stereocenters. The van der Waals surface area contributed by atoms with Crippen molar-refractivity contribution >= 4 is 33.3 Å². The number of Topliss-reactive ketones (excluding diaryl/α,β-unsaturated/α-hetero) is 2. The van der Waals surface area contributed by atoms with Crippen molar-refractivity contribution < 1.29 is 42.6 Å². The fraction of sp³-hybridized carbons (Fsp3) is 0.640. The Morgan fingerprint density at radius 2 is 1.47 bits per heavy atom. The number of ether oxygens (including phenoxy) is 3. The highest BCUT2D eigenvalue weighted by atomic mass is 32.2. The Kier molecular flexibility index (Phi) is 25.3. The van der Waals surface area contributed by atoms with Crippen molar-refractivity contribution in [2.45, 2.75) is 80.9 Å². The number of benzene rings is 1. The lowest BCUT2D eigenvalue weighted by atomic mass is 9.98. The molecule has 0 spiro atoms. The lowest BCUT2D eigenvalue weighted by Crippen LogP contribution is -2.37. The molecule has 36 heavy (non-hydrogen) atoms. The number of hydrogen-bond acceptors (Lipinski definition) is 9. The summed E-state index contributed by atoms with van der Waals surface area (Å²) in [5, 5.41) is 2.44. The summed E-state index contributed by atoms with van der Waals surface area (Å²) in [6, 6.07) is 4.06. The topological polar surface area (TPSA) is 134 Å². The van der Waals surface area contributed by atoms with E-state index in [1.807, 2.05) is 6.92 Å². The Bertz CT molecular complexity index is 892. The number of carbonyl (C=O) groups is 3. The molecule has 0 fully saturated rings. The van der Waals surface area contributed by atoms with Crippen LogP contribution in [-0.2, 0) is 38.2 Å². The van der Waals surface area contributed by atoms with Crippen LogP contribution in [0, 0.1) is 5.92 Å². The van der Waals surface area contributed by atoms with Crippen molar-refractivity contribution in [3.05, 3.63) is 18.2 Å². The molecule has 1 aromatic rings. The van der Waals surface area contributed by atoms with Gasteiger partial charge >= 0.3 is 0 Å². The first-order chi connectivity index (χ1) is 14.8. The van der Waals surface area contributed by atoms with E-state index in [1.54, 1.807) is 21.0 Å². The molecular weight excluding hydrogens is 490 g/mol. The van der Waals surface area contributed by atoms with Crippen LogP contribution in [0.1, 0.15) is 65.2 Å². The lowest BCUT2D eigenvalue weighted by Gasteiger charge is -2.20. The average molecular weight is 542 g/mol. The lowest BCUT2D eigenvalue weighted by molar-refractivity contribution is -0.135. The first-order valence-corrected chi connectivity index (χ1v) is 11.1. The second kappa shape index (κ2) is 20.8. The van der Waals surface area contributed by atoms with E-state index in [-0.39, 0.29) is 59.4 Å². The smallest absolute Gasteiger partial charge is 0.298 e. The number of rotatable bonds is 11. The molecule has 0 aliphatic rings. The zero-order valence-corrected chi connectivity index (χ0v) is 20.6. The molecule has 1 amide bonds. The summed E-state index contributed by atoms with van der Waals surface area (Å²) >= 11 is 0. The van der Waals surface area contributed by atoms with Gasteiger partial charge in [-0.15, -0.1) is 0 Å². The van der Waals surface area contributed by atoms with Crippen LogP contribution in [0.25, 0.3) is 0 Å². The van der Waals surface area contributed by atoms with Crippen molar-refractivity contribution in [1.82, 2.24) is 0 Å². The van der Waals surface area contributed by atoms with Gasteiger partial charge in [-0.3, -0.25) is 18.6 Å². The number of nitrogens with one attached hydrogen (secondary N) is 1. The van der Waals surface area contributed by atoms with Crippen LogP contribution in [0.4, 0.5) is 5.69 Å². The maximum absolute atomic E-state index is 12.4. The van der Waals surface area contributed by atoms with Gasteiger partial charge in [0, 0.05) is 28.1 Å². The van der Waals surface area contributed by atoms with Crippen molar-refractivity contribution in [3.8, 4) is 5.75 Å². The van der Waals surface area contributed by atoms with E-state index >= 15 is 0 Å². The van der Waals surface area contributed by atoms with Crippen LogP contribution < -0.4 is 10.1 Å². The van der Waals surface area contributed by atoms with E-state index in [0.717, 1.165) is 7.11 Å². The zero-order chi connectivity index (χ0) is 25.1. The number of methoxy groups -OCH3 is 3. The van der Waals surface area contributed by atoms with Crippen LogP contribution >= 0.6 is 0 Å². The third-order valence-electron chi connectivity index (χ3n) is 4.47. The van der Waals surface area contributed by atoms with Gasteiger partial charge in [0.2, 0.25) is 5.91 Å². The Balaban J connectivity index is -0.000000162. The van der Waals surface area contributed by atoms with Gasteiger partial charge in [-0.25, -0.2) is 0 Å². The average Bonchev–Trinajstić information content (AvgIpc) is 2.73. The zero-order valence-electron chi connectivity index (χ0n) is 19.8. The summed E-state index contributed by atoms with van der Waals surface area (Å²) in [6.45, 7) is 6.28. The summed E-state index contributed by atoms with van der Waals surface area (Å²) in [5.41, 5.74) is -0.0165. The second-order valence-electron chi connectivity index (χ2n) is 6.95. The normalized spacial score (nSPS) is 12.2. The Labute approximate surface area is 220 Å². The molecule has 0 bridgehead atoms. The molecule has 1 N–H and O–H groups in total. The molecule has 10 nitrogen and oxygen atoms in total. The van der Waals surface area contributed by atoms with Gasteiger partial charge in [-0.1, -0.05) is 29.7 Å². The number of carbonyl (C=O) groups excluding carboxylic acids is 3. The molecule has 0 aromatic heterocycles. The van der Waals surface area contributed by atoms with Crippen LogP contribution in [0.3, 0.4) is 0 Å². The van der Waals surface area contributed by atoms with Gasteiger partial charge in [0.15, 0.2) is 0 Å². The highest BCUT2D eigenvalue weighted by Gasteiger charge is 2.31. The molecule has 1 rings (SSSR count). The maximum atomic E-state index is 12.4. The molecule has 3 atom stereocenters. The largest absolute Gasteiger partial charge is 0.497 e. The van der Waals surface area contributed by atoms with Crippen LogP contribution in [0.5, 0.6) is 5.75 Å². The first kappa shape index (κ1) is 43.7. The summed E-state index contributed by atoms with van der Waals surface area (Å²) in [4.78, 5) is 34.2. The van der Waals surface area contributed by atoms with Crippen molar-refractivity contribution in [3.63, 3.8) is 0 Å². The molecule has 1 aromatic carbocycles. The van der Waals surface area contributed by atoms with E-state index in [9.17, 15) is 22.8 Å². The molecule has 0 aliphatic carbocycles. The van der Waals surface area contributed by atoms with Crippen LogP contribution in [0.2, 0.25) is 0 Å². The molecule has 0 aliphatic heterocycles. The molecule has 0 saturated heterocycles. The summed E-state index contributed by atoms with van der Waals surface area (Å²) in [5.74, 6) is -1.69. The third-order valence-corrected chi connectivity index (χ3v) is 5.79. The molecule has 11 heteroatoms. The summed E-state index contributed by atoms with van der Waals surface area (Å²) < 4.78 is 43.5. The molecule has 0 saturated carbocycles. The summed E-state index contributed by atoms with van der Waals surface area (Å²) in [6.07, 6.45) is -0.0630. The molecular formula is C25H51NO9S. The predicted octanol–water partition coefficient (Wildman–Crippen LogP) is 5.00. The first-order valence-electron chi connectivity index (χ1n) is 9.69. The van der Waals surface area contributed by atoms with Crippen LogP contribution in [-0.4, -0.2) is 66.5 Å². The number of hydrogen-bond donors (Lipinski definition) is 1. The van der Waals surface area contributed by atoms with E-state index in [1.165, 1.54) is 39.3 Å². The number of amides is 1. The SMILES string of the molecule is C.C.C.C.COC(C)CC(C)=O.COc1ccc(NC(=O)C(C(C)=O)C(C)OC)c(S(=O)(=O)OC)c1.[HH]. The minimum atomic E-state index is -4.09. The van der Waals surface area contributed by atoms with Gasteiger partial charge in [0.25, 0.3) is 10.1 Å². The third kappa shape index (κ3) is 14.3. The van der Waals surface area contributed by atoms with Gasteiger partial charge in [-0.2, -0.15) is 8.42 Å². The fourth-order valence-electron chi connectivity index (χ4n) is 2.59. The van der Waals surface area contributed by atoms with Gasteiger partial charge < -0.3 is 19.5 Å². The Morgan fingerprint density at radius 1 is 0.944 bits per heavy atom. The maximum Gasteiger partial charge on any atom is 0.298 e. The van der Waals surface area contributed by atoms with E-state index in [2.05, 4.69) is 9.50 Å². The van der Waals surface area contributed by atoms with Crippen molar-refractivity contribution in [1.29, 1.82) is 0 Å². The summed E-state index contributed by atoms with van der Waals surface area (Å²) in [7, 11) is 1.28. The number of ketones is 2.